The van der Waals surface area contributed by atoms with Gasteiger partial charge in [-0.2, -0.15) is 11.3 Å². The van der Waals surface area contributed by atoms with Gasteiger partial charge in [0.05, 0.1) is 11.0 Å². The van der Waals surface area contributed by atoms with Crippen LogP contribution in [0.1, 0.15) is 17.8 Å². The third-order valence-electron chi connectivity index (χ3n) is 3.34. The van der Waals surface area contributed by atoms with E-state index >= 15 is 0 Å². The van der Waals surface area contributed by atoms with E-state index in [0.29, 0.717) is 13.0 Å². The molecule has 0 saturated carbocycles. The minimum atomic E-state index is 0.0947. The van der Waals surface area contributed by atoms with E-state index in [9.17, 15) is 4.79 Å². The summed E-state index contributed by atoms with van der Waals surface area (Å²) in [6.07, 6.45) is 2.07. The van der Waals surface area contributed by atoms with Gasteiger partial charge in [-0.1, -0.05) is 12.1 Å². The Morgan fingerprint density at radius 2 is 2.14 bits per heavy atom. The molecule has 21 heavy (non-hydrogen) atoms. The van der Waals surface area contributed by atoms with Crippen molar-refractivity contribution in [3.8, 4) is 0 Å². The Labute approximate surface area is 127 Å². The first-order valence-corrected chi connectivity index (χ1v) is 7.97. The molecule has 3 aromatic rings. The molecular formula is C16H17N3OS. The molecule has 108 valence electrons. The lowest BCUT2D eigenvalue weighted by Crippen LogP contribution is -2.26. The Morgan fingerprint density at radius 3 is 2.95 bits per heavy atom. The molecule has 0 spiro atoms. The molecule has 0 unspecified atom stereocenters. The van der Waals surface area contributed by atoms with Crippen LogP contribution in [0, 0.1) is 0 Å². The average molecular weight is 299 g/mol. The molecule has 4 nitrogen and oxygen atoms in total. The summed E-state index contributed by atoms with van der Waals surface area (Å²) in [5.41, 5.74) is 3.24. The van der Waals surface area contributed by atoms with Crippen LogP contribution in [0.25, 0.3) is 11.0 Å². The highest BCUT2D eigenvalue weighted by Gasteiger charge is 2.04. The highest BCUT2D eigenvalue weighted by molar-refractivity contribution is 7.07. The highest BCUT2D eigenvalue weighted by atomic mass is 32.1. The number of fused-ring (bicyclic) bond motifs is 1. The predicted molar refractivity (Wildman–Crippen MR) is 85.4 cm³/mol. The number of nitrogens with zero attached hydrogens (tertiary/aromatic N) is 1. The Bertz CT molecular complexity index is 685. The van der Waals surface area contributed by atoms with Gasteiger partial charge in [0.2, 0.25) is 5.91 Å². The number of aryl methyl sites for hydroxylation is 1. The molecule has 5 heteroatoms. The molecule has 1 amide bonds. The standard InChI is InChI=1S/C16H17N3OS/c20-16(6-5-12-8-10-21-11-12)17-9-7-15-18-13-3-1-2-4-14(13)19-15/h1-4,8,10-11H,5-7,9H2,(H,17,20)(H,18,19). The van der Waals surface area contributed by atoms with Crippen molar-refractivity contribution in [2.75, 3.05) is 6.54 Å². The lowest BCUT2D eigenvalue weighted by Gasteiger charge is -2.03. The van der Waals surface area contributed by atoms with Gasteiger partial charge >= 0.3 is 0 Å². The number of aromatic amines is 1. The van der Waals surface area contributed by atoms with Gasteiger partial charge in [-0.15, -0.1) is 0 Å². The normalized spacial score (nSPS) is 10.9. The van der Waals surface area contributed by atoms with Crippen LogP contribution in [0.5, 0.6) is 0 Å². The number of benzene rings is 1. The monoisotopic (exact) mass is 299 g/mol. The summed E-state index contributed by atoms with van der Waals surface area (Å²) in [6.45, 7) is 0.613. The van der Waals surface area contributed by atoms with Crippen molar-refractivity contribution in [1.82, 2.24) is 15.3 Å². The van der Waals surface area contributed by atoms with Crippen LogP contribution in [-0.2, 0) is 17.6 Å². The van der Waals surface area contributed by atoms with Crippen LogP contribution in [-0.4, -0.2) is 22.4 Å². The molecule has 0 aliphatic heterocycles. The summed E-state index contributed by atoms with van der Waals surface area (Å²) in [5, 5.41) is 7.06. The zero-order valence-electron chi connectivity index (χ0n) is 11.6. The van der Waals surface area contributed by atoms with Gasteiger partial charge in [-0.3, -0.25) is 4.79 Å². The maximum absolute atomic E-state index is 11.8. The van der Waals surface area contributed by atoms with Crippen LogP contribution < -0.4 is 5.32 Å². The van der Waals surface area contributed by atoms with E-state index in [1.165, 1.54) is 5.56 Å². The molecule has 0 saturated heterocycles. The summed E-state index contributed by atoms with van der Waals surface area (Å²) in [4.78, 5) is 19.5. The first-order valence-electron chi connectivity index (χ1n) is 7.02. The highest BCUT2D eigenvalue weighted by Crippen LogP contribution is 2.10. The largest absolute Gasteiger partial charge is 0.356 e. The minimum absolute atomic E-state index is 0.0947. The third-order valence-corrected chi connectivity index (χ3v) is 4.08. The number of para-hydroxylation sites is 2. The Hall–Kier alpha value is -2.14. The lowest BCUT2D eigenvalue weighted by atomic mass is 10.2. The second-order valence-corrected chi connectivity index (χ2v) is 5.71. The Balaban J connectivity index is 1.44. The molecule has 3 rings (SSSR count). The van der Waals surface area contributed by atoms with Crippen LogP contribution in [0.15, 0.2) is 41.1 Å². The molecule has 0 radical (unpaired) electrons. The number of carbonyl (C=O) groups excluding carboxylic acids is 1. The first-order chi connectivity index (χ1) is 10.3. The summed E-state index contributed by atoms with van der Waals surface area (Å²) < 4.78 is 0. The van der Waals surface area contributed by atoms with E-state index in [-0.39, 0.29) is 5.91 Å². The molecule has 0 fully saturated rings. The molecule has 2 N–H and O–H groups in total. The molecule has 1 aromatic carbocycles. The van der Waals surface area contributed by atoms with Crippen molar-refractivity contribution in [1.29, 1.82) is 0 Å². The number of rotatable bonds is 6. The number of nitrogens with one attached hydrogen (secondary N) is 2. The van der Waals surface area contributed by atoms with Crippen LogP contribution in [0.4, 0.5) is 0 Å². The quantitative estimate of drug-likeness (QED) is 0.735. The summed E-state index contributed by atoms with van der Waals surface area (Å²) in [7, 11) is 0. The molecule has 2 heterocycles. The zero-order valence-corrected chi connectivity index (χ0v) is 12.5. The lowest BCUT2D eigenvalue weighted by molar-refractivity contribution is -0.121. The topological polar surface area (TPSA) is 57.8 Å². The second kappa shape index (κ2) is 6.54. The smallest absolute Gasteiger partial charge is 0.220 e. The molecule has 0 atom stereocenters. The molecule has 2 aromatic heterocycles. The maximum atomic E-state index is 11.8. The van der Waals surface area contributed by atoms with Gasteiger partial charge in [0.25, 0.3) is 0 Å². The van der Waals surface area contributed by atoms with Crippen LogP contribution in [0.3, 0.4) is 0 Å². The fourth-order valence-electron chi connectivity index (χ4n) is 2.23. The van der Waals surface area contributed by atoms with E-state index in [4.69, 9.17) is 0 Å². The fraction of sp³-hybridized carbons (Fsp3) is 0.250. The van der Waals surface area contributed by atoms with Crippen molar-refractivity contribution >= 4 is 28.3 Å². The zero-order chi connectivity index (χ0) is 14.5. The molecule has 0 aliphatic carbocycles. The van der Waals surface area contributed by atoms with Crippen LogP contribution in [0.2, 0.25) is 0 Å². The van der Waals surface area contributed by atoms with Gasteiger partial charge < -0.3 is 10.3 Å². The molecular weight excluding hydrogens is 282 g/mol. The summed E-state index contributed by atoms with van der Waals surface area (Å²) >= 11 is 1.66. The van der Waals surface area contributed by atoms with E-state index < -0.39 is 0 Å². The summed E-state index contributed by atoms with van der Waals surface area (Å²) in [5.74, 6) is 1.01. The summed E-state index contributed by atoms with van der Waals surface area (Å²) in [6, 6.07) is 10.0. The van der Waals surface area contributed by atoms with Gasteiger partial charge in [0.1, 0.15) is 5.82 Å². The molecule has 0 aliphatic rings. The van der Waals surface area contributed by atoms with Crippen molar-refractivity contribution in [2.24, 2.45) is 0 Å². The SMILES string of the molecule is O=C(CCc1ccsc1)NCCc1nc2ccccc2[nH]1. The first kappa shape index (κ1) is 13.8. The number of imidazole rings is 1. The number of carbonyl (C=O) groups is 1. The van der Waals surface area contributed by atoms with E-state index in [1.807, 2.05) is 29.6 Å². The van der Waals surface area contributed by atoms with Gasteiger partial charge in [0.15, 0.2) is 0 Å². The van der Waals surface area contributed by atoms with Crippen molar-refractivity contribution in [3.63, 3.8) is 0 Å². The number of hydrogen-bond acceptors (Lipinski definition) is 3. The predicted octanol–water partition coefficient (Wildman–Crippen LogP) is 2.92. The van der Waals surface area contributed by atoms with Crippen molar-refractivity contribution < 1.29 is 4.79 Å². The number of thiophene rings is 1. The average Bonchev–Trinajstić information content (AvgIpc) is 3.14. The molecule has 0 bridgehead atoms. The Kier molecular flexibility index (Phi) is 4.31. The maximum Gasteiger partial charge on any atom is 0.220 e. The van der Waals surface area contributed by atoms with Gasteiger partial charge in [-0.05, 0) is 40.9 Å². The van der Waals surface area contributed by atoms with Crippen LogP contribution >= 0.6 is 11.3 Å². The van der Waals surface area contributed by atoms with Gasteiger partial charge in [-0.25, -0.2) is 4.98 Å². The van der Waals surface area contributed by atoms with E-state index in [1.54, 1.807) is 11.3 Å². The van der Waals surface area contributed by atoms with E-state index in [2.05, 4.69) is 26.7 Å². The van der Waals surface area contributed by atoms with Gasteiger partial charge in [0, 0.05) is 19.4 Å². The number of amides is 1. The number of aromatic nitrogens is 2. The third kappa shape index (κ3) is 3.70. The number of H-pyrrole nitrogens is 1. The minimum Gasteiger partial charge on any atom is -0.356 e. The Morgan fingerprint density at radius 1 is 1.24 bits per heavy atom. The van der Waals surface area contributed by atoms with Crippen molar-refractivity contribution in [2.45, 2.75) is 19.3 Å². The van der Waals surface area contributed by atoms with E-state index in [0.717, 1.165) is 29.7 Å². The fourth-order valence-corrected chi connectivity index (χ4v) is 2.93. The van der Waals surface area contributed by atoms with Crippen molar-refractivity contribution in [3.05, 3.63) is 52.5 Å². The number of hydrogen-bond donors (Lipinski definition) is 2. The second-order valence-electron chi connectivity index (χ2n) is 4.93.